The standard InChI is InChI=1S/C11H13F3N2O/c12-11(13,14)7-15-5-8-6-16-9-3-1-2-4-10(9)17-8/h1-4,8,15-16H,5-7H2. The van der Waals surface area contributed by atoms with E-state index in [1.807, 2.05) is 18.2 Å². The topological polar surface area (TPSA) is 33.3 Å². The molecule has 0 saturated carbocycles. The van der Waals surface area contributed by atoms with Gasteiger partial charge in [0.15, 0.2) is 0 Å². The van der Waals surface area contributed by atoms with Gasteiger partial charge in [0.05, 0.1) is 18.8 Å². The summed E-state index contributed by atoms with van der Waals surface area (Å²) in [6, 6.07) is 7.36. The number of fused-ring (bicyclic) bond motifs is 1. The highest BCUT2D eigenvalue weighted by Gasteiger charge is 2.27. The van der Waals surface area contributed by atoms with Crippen LogP contribution in [-0.2, 0) is 0 Å². The highest BCUT2D eigenvalue weighted by molar-refractivity contribution is 5.57. The fourth-order valence-electron chi connectivity index (χ4n) is 1.65. The van der Waals surface area contributed by atoms with Crippen molar-refractivity contribution in [2.45, 2.75) is 12.3 Å². The van der Waals surface area contributed by atoms with E-state index in [0.29, 0.717) is 12.3 Å². The summed E-state index contributed by atoms with van der Waals surface area (Å²) in [6.45, 7) is -0.322. The average molecular weight is 246 g/mol. The van der Waals surface area contributed by atoms with Gasteiger partial charge >= 0.3 is 6.18 Å². The zero-order valence-corrected chi connectivity index (χ0v) is 9.05. The molecule has 1 aliphatic heterocycles. The molecule has 2 rings (SSSR count). The highest BCUT2D eigenvalue weighted by Crippen LogP contribution is 2.27. The van der Waals surface area contributed by atoms with Crippen molar-refractivity contribution in [2.24, 2.45) is 0 Å². The maximum atomic E-state index is 11.9. The zero-order valence-electron chi connectivity index (χ0n) is 9.05. The molecule has 1 aromatic carbocycles. The van der Waals surface area contributed by atoms with Crippen molar-refractivity contribution in [1.82, 2.24) is 5.32 Å². The van der Waals surface area contributed by atoms with E-state index >= 15 is 0 Å². The summed E-state index contributed by atoms with van der Waals surface area (Å²) in [7, 11) is 0. The maximum absolute atomic E-state index is 11.9. The Morgan fingerprint density at radius 2 is 2.12 bits per heavy atom. The number of hydrogen-bond acceptors (Lipinski definition) is 3. The predicted molar refractivity (Wildman–Crippen MR) is 58.3 cm³/mol. The SMILES string of the molecule is FC(F)(F)CNCC1CNc2ccccc2O1. The van der Waals surface area contributed by atoms with Crippen molar-refractivity contribution < 1.29 is 17.9 Å². The van der Waals surface area contributed by atoms with Crippen LogP contribution in [0.5, 0.6) is 5.75 Å². The van der Waals surface area contributed by atoms with Crippen LogP contribution in [0.3, 0.4) is 0 Å². The van der Waals surface area contributed by atoms with E-state index in [0.717, 1.165) is 5.69 Å². The fraction of sp³-hybridized carbons (Fsp3) is 0.455. The van der Waals surface area contributed by atoms with Gasteiger partial charge in [-0.15, -0.1) is 0 Å². The first-order valence-corrected chi connectivity index (χ1v) is 5.31. The smallest absolute Gasteiger partial charge is 0.401 e. The Morgan fingerprint density at radius 1 is 1.35 bits per heavy atom. The first-order chi connectivity index (χ1) is 8.04. The van der Waals surface area contributed by atoms with E-state index < -0.39 is 12.7 Å². The van der Waals surface area contributed by atoms with Crippen LogP contribution in [0.15, 0.2) is 24.3 Å². The summed E-state index contributed by atoms with van der Waals surface area (Å²) in [5, 5.41) is 5.45. The van der Waals surface area contributed by atoms with Gasteiger partial charge in [-0.3, -0.25) is 0 Å². The number of benzene rings is 1. The van der Waals surface area contributed by atoms with Gasteiger partial charge in [-0.25, -0.2) is 0 Å². The van der Waals surface area contributed by atoms with Crippen molar-refractivity contribution >= 4 is 5.69 Å². The van der Waals surface area contributed by atoms with E-state index in [1.54, 1.807) is 6.07 Å². The Morgan fingerprint density at radius 3 is 2.88 bits per heavy atom. The number of ether oxygens (including phenoxy) is 1. The molecule has 1 aliphatic rings. The lowest BCUT2D eigenvalue weighted by molar-refractivity contribution is -0.125. The Balaban J connectivity index is 1.82. The second-order valence-electron chi connectivity index (χ2n) is 3.86. The number of nitrogens with one attached hydrogen (secondary N) is 2. The molecule has 17 heavy (non-hydrogen) atoms. The lowest BCUT2D eigenvalue weighted by Gasteiger charge is -2.27. The van der Waals surface area contributed by atoms with Crippen molar-refractivity contribution in [3.63, 3.8) is 0 Å². The molecule has 0 aliphatic carbocycles. The minimum absolute atomic E-state index is 0.168. The molecule has 3 nitrogen and oxygen atoms in total. The molecule has 0 aromatic heterocycles. The lowest BCUT2D eigenvalue weighted by Crippen LogP contribution is -2.42. The van der Waals surface area contributed by atoms with Crippen LogP contribution in [0, 0.1) is 0 Å². The number of hydrogen-bond donors (Lipinski definition) is 2. The van der Waals surface area contributed by atoms with Gasteiger partial charge in [0.2, 0.25) is 0 Å². The quantitative estimate of drug-likeness (QED) is 0.856. The maximum Gasteiger partial charge on any atom is 0.401 e. The van der Waals surface area contributed by atoms with Gasteiger partial charge in [-0.2, -0.15) is 13.2 Å². The number of rotatable bonds is 3. The molecule has 0 bridgehead atoms. The van der Waals surface area contributed by atoms with Gasteiger partial charge in [0.1, 0.15) is 11.9 Å². The van der Waals surface area contributed by atoms with E-state index in [1.165, 1.54) is 0 Å². The summed E-state index contributed by atoms with van der Waals surface area (Å²) in [4.78, 5) is 0. The van der Waals surface area contributed by atoms with E-state index in [-0.39, 0.29) is 12.6 Å². The van der Waals surface area contributed by atoms with Crippen molar-refractivity contribution in [3.05, 3.63) is 24.3 Å². The van der Waals surface area contributed by atoms with E-state index in [2.05, 4.69) is 10.6 Å². The van der Waals surface area contributed by atoms with E-state index in [9.17, 15) is 13.2 Å². The summed E-state index contributed by atoms with van der Waals surface area (Å²) < 4.78 is 41.3. The molecular weight excluding hydrogens is 233 g/mol. The van der Waals surface area contributed by atoms with Crippen molar-refractivity contribution in [2.75, 3.05) is 25.0 Å². The Hall–Kier alpha value is -1.43. The minimum atomic E-state index is -4.18. The predicted octanol–water partition coefficient (Wildman–Crippen LogP) is 2.01. The Kier molecular flexibility index (Phi) is 3.42. The third-order valence-corrected chi connectivity index (χ3v) is 2.40. The molecule has 0 spiro atoms. The molecule has 1 unspecified atom stereocenters. The number of halogens is 3. The molecule has 0 amide bonds. The molecule has 0 saturated heterocycles. The van der Waals surface area contributed by atoms with Gasteiger partial charge in [-0.1, -0.05) is 12.1 Å². The van der Waals surface area contributed by atoms with Crippen LogP contribution in [-0.4, -0.2) is 31.9 Å². The number of anilines is 1. The third kappa shape index (κ3) is 3.52. The van der Waals surface area contributed by atoms with Crippen LogP contribution in [0.2, 0.25) is 0 Å². The average Bonchev–Trinajstić information content (AvgIpc) is 2.27. The molecule has 2 N–H and O–H groups in total. The molecule has 1 atom stereocenters. The molecule has 1 aromatic rings. The first kappa shape index (κ1) is 12.0. The first-order valence-electron chi connectivity index (χ1n) is 5.31. The molecule has 1 heterocycles. The van der Waals surface area contributed by atoms with Crippen LogP contribution >= 0.6 is 0 Å². The fourth-order valence-corrected chi connectivity index (χ4v) is 1.65. The van der Waals surface area contributed by atoms with Gasteiger partial charge in [0, 0.05) is 6.54 Å². The van der Waals surface area contributed by atoms with Crippen LogP contribution in [0.25, 0.3) is 0 Å². The van der Waals surface area contributed by atoms with Crippen LogP contribution < -0.4 is 15.4 Å². The summed E-state index contributed by atoms with van der Waals surface area (Å²) in [5.41, 5.74) is 0.875. The molecule has 0 radical (unpaired) electrons. The molecule has 0 fully saturated rings. The molecule has 94 valence electrons. The summed E-state index contributed by atoms with van der Waals surface area (Å²) >= 11 is 0. The Labute approximate surface area is 97.0 Å². The normalized spacial score (nSPS) is 19.1. The van der Waals surface area contributed by atoms with Crippen LogP contribution in [0.1, 0.15) is 0 Å². The molecular formula is C11H13F3N2O. The van der Waals surface area contributed by atoms with Crippen molar-refractivity contribution in [3.8, 4) is 5.75 Å². The van der Waals surface area contributed by atoms with Crippen LogP contribution in [0.4, 0.5) is 18.9 Å². The van der Waals surface area contributed by atoms with Crippen molar-refractivity contribution in [1.29, 1.82) is 0 Å². The zero-order chi connectivity index (χ0) is 12.3. The highest BCUT2D eigenvalue weighted by atomic mass is 19.4. The second-order valence-corrected chi connectivity index (χ2v) is 3.86. The molecule has 6 heteroatoms. The summed E-state index contributed by atoms with van der Waals surface area (Å²) in [6.07, 6.45) is -4.47. The van der Waals surface area contributed by atoms with Gasteiger partial charge in [-0.05, 0) is 12.1 Å². The second kappa shape index (κ2) is 4.83. The third-order valence-electron chi connectivity index (χ3n) is 2.40. The lowest BCUT2D eigenvalue weighted by atomic mass is 10.2. The number of para-hydroxylation sites is 2. The van der Waals surface area contributed by atoms with E-state index in [4.69, 9.17) is 4.74 Å². The summed E-state index contributed by atoms with van der Waals surface area (Å²) in [5.74, 6) is 0.678. The van der Waals surface area contributed by atoms with Gasteiger partial charge < -0.3 is 15.4 Å². The largest absolute Gasteiger partial charge is 0.485 e. The monoisotopic (exact) mass is 246 g/mol. The van der Waals surface area contributed by atoms with Gasteiger partial charge in [0.25, 0.3) is 0 Å². The number of alkyl halides is 3. The Bertz CT molecular complexity index is 381. The minimum Gasteiger partial charge on any atom is -0.485 e.